The molecule has 0 aromatic carbocycles. The van der Waals surface area contributed by atoms with Crippen LogP contribution >= 0.6 is 0 Å². The minimum Gasteiger partial charge on any atom is -0.390 e. The van der Waals surface area contributed by atoms with Gasteiger partial charge >= 0.3 is 0 Å². The number of nitrogens with zero attached hydrogens (tertiary/aromatic N) is 1. The molecule has 0 heterocycles. The first kappa shape index (κ1) is 19.7. The van der Waals surface area contributed by atoms with Crippen LogP contribution in [0.4, 0.5) is 0 Å². The van der Waals surface area contributed by atoms with Crippen LogP contribution in [-0.4, -0.2) is 46.5 Å². The molecule has 4 fully saturated rings. The van der Waals surface area contributed by atoms with Gasteiger partial charge in [0.1, 0.15) is 0 Å². The van der Waals surface area contributed by atoms with Gasteiger partial charge in [0.25, 0.3) is 0 Å². The van der Waals surface area contributed by atoms with E-state index in [1.54, 1.807) is 7.05 Å². The fourth-order valence-electron chi connectivity index (χ4n) is 7.83. The van der Waals surface area contributed by atoms with Crippen molar-refractivity contribution in [3.63, 3.8) is 0 Å². The predicted molar refractivity (Wildman–Crippen MR) is 102 cm³/mol. The van der Waals surface area contributed by atoms with Gasteiger partial charge in [-0.3, -0.25) is 9.63 Å². The molecule has 0 saturated heterocycles. The van der Waals surface area contributed by atoms with E-state index in [-0.39, 0.29) is 23.2 Å². The third kappa shape index (κ3) is 2.87. The molecule has 1 amide bonds. The van der Waals surface area contributed by atoms with Crippen LogP contribution in [0.2, 0.25) is 0 Å². The van der Waals surface area contributed by atoms with Gasteiger partial charge in [-0.15, -0.1) is 0 Å². The number of hydroxylamine groups is 2. The van der Waals surface area contributed by atoms with Gasteiger partial charge in [0, 0.05) is 13.0 Å². The summed E-state index contributed by atoms with van der Waals surface area (Å²) >= 11 is 0. The van der Waals surface area contributed by atoms with Crippen LogP contribution < -0.4 is 0 Å². The minimum absolute atomic E-state index is 0.0535. The first-order valence-electron chi connectivity index (χ1n) is 10.9. The molecule has 2 unspecified atom stereocenters. The monoisotopic (exact) mass is 379 g/mol. The first-order valence-corrected chi connectivity index (χ1v) is 10.9. The zero-order valence-corrected chi connectivity index (χ0v) is 17.4. The summed E-state index contributed by atoms with van der Waals surface area (Å²) in [4.78, 5) is 18.1. The molecule has 8 atom stereocenters. The number of carbonyl (C=O) groups excluding carboxylic acids is 1. The molecule has 0 aromatic rings. The number of carbonyl (C=O) groups is 1. The Bertz CT molecular complexity index is 607. The number of hydrogen-bond acceptors (Lipinski definition) is 4. The summed E-state index contributed by atoms with van der Waals surface area (Å²) < 4.78 is 0. The third-order valence-corrected chi connectivity index (χ3v) is 9.21. The van der Waals surface area contributed by atoms with Crippen LogP contribution in [0.1, 0.15) is 71.6 Å². The smallest absolute Gasteiger partial charge is 0.249 e. The van der Waals surface area contributed by atoms with Crippen molar-refractivity contribution in [3.8, 4) is 0 Å². The lowest BCUT2D eigenvalue weighted by molar-refractivity contribution is -0.208. The van der Waals surface area contributed by atoms with Gasteiger partial charge in [-0.05, 0) is 93.8 Å². The Morgan fingerprint density at radius 3 is 2.48 bits per heavy atom. The zero-order valence-electron chi connectivity index (χ0n) is 17.4. The maximum absolute atomic E-state index is 12.9. The molecule has 4 rings (SSSR count). The van der Waals surface area contributed by atoms with E-state index in [9.17, 15) is 15.0 Å². The molecule has 0 bridgehead atoms. The van der Waals surface area contributed by atoms with Crippen molar-refractivity contribution in [2.24, 2.45) is 35.0 Å². The molecule has 0 spiro atoms. The topological polar surface area (TPSA) is 70.0 Å². The normalized spacial score (nSPS) is 51.9. The molecule has 4 aliphatic rings. The highest BCUT2D eigenvalue weighted by Crippen LogP contribution is 2.66. The van der Waals surface area contributed by atoms with Crippen LogP contribution in [0.3, 0.4) is 0 Å². The van der Waals surface area contributed by atoms with E-state index < -0.39 is 11.2 Å². The van der Waals surface area contributed by atoms with Gasteiger partial charge in [0.05, 0.1) is 18.3 Å². The van der Waals surface area contributed by atoms with Crippen LogP contribution in [0.25, 0.3) is 0 Å². The molecule has 27 heavy (non-hydrogen) atoms. The average Bonchev–Trinajstić information content (AvgIpc) is 2.98. The van der Waals surface area contributed by atoms with Crippen molar-refractivity contribution >= 4 is 5.91 Å². The number of hydrogen-bond donors (Lipinski definition) is 2. The van der Waals surface area contributed by atoms with Crippen molar-refractivity contribution in [2.45, 2.75) is 82.8 Å². The van der Waals surface area contributed by atoms with Crippen LogP contribution in [0.5, 0.6) is 0 Å². The predicted octanol–water partition coefficient (Wildman–Crippen LogP) is 3.14. The fourth-order valence-corrected chi connectivity index (χ4v) is 7.83. The summed E-state index contributed by atoms with van der Waals surface area (Å²) in [7, 11) is 3.23. The molecular weight excluding hydrogens is 342 g/mol. The van der Waals surface area contributed by atoms with E-state index in [0.29, 0.717) is 17.8 Å². The molecule has 4 aliphatic carbocycles. The highest BCUT2D eigenvalue weighted by Gasteiger charge is 2.65. The van der Waals surface area contributed by atoms with E-state index in [1.165, 1.54) is 12.2 Å². The highest BCUT2D eigenvalue weighted by molar-refractivity contribution is 5.79. The Balaban J connectivity index is 1.58. The number of rotatable bonds is 2. The van der Waals surface area contributed by atoms with Gasteiger partial charge in [0.2, 0.25) is 5.91 Å². The SMILES string of the molecule is CON(C)C(=O)[C@H]1CC[C@@H]2[C@]1(C)CCC1C3CC[C@@](C)(O)C[C@@H]3CC[C@]12O. The van der Waals surface area contributed by atoms with Crippen molar-refractivity contribution in [1.29, 1.82) is 0 Å². The van der Waals surface area contributed by atoms with Crippen molar-refractivity contribution in [1.82, 2.24) is 5.06 Å². The Morgan fingerprint density at radius 2 is 1.78 bits per heavy atom. The Hall–Kier alpha value is -0.650. The molecule has 0 radical (unpaired) electrons. The Labute approximate surface area is 163 Å². The minimum atomic E-state index is -0.641. The summed E-state index contributed by atoms with van der Waals surface area (Å²) in [6.07, 6.45) is 8.41. The number of amides is 1. The number of aliphatic hydroxyl groups is 2. The molecule has 4 saturated carbocycles. The van der Waals surface area contributed by atoms with E-state index in [2.05, 4.69) is 6.92 Å². The maximum atomic E-state index is 12.9. The molecule has 154 valence electrons. The van der Waals surface area contributed by atoms with Crippen LogP contribution in [0.15, 0.2) is 0 Å². The average molecular weight is 380 g/mol. The van der Waals surface area contributed by atoms with Gasteiger partial charge < -0.3 is 10.2 Å². The Kier molecular flexibility index (Phi) is 4.68. The molecule has 0 aromatic heterocycles. The highest BCUT2D eigenvalue weighted by atomic mass is 16.7. The lowest BCUT2D eigenvalue weighted by Gasteiger charge is -2.61. The van der Waals surface area contributed by atoms with Crippen molar-refractivity contribution in [2.75, 3.05) is 14.2 Å². The second-order valence-corrected chi connectivity index (χ2v) is 10.5. The van der Waals surface area contributed by atoms with Crippen LogP contribution in [0, 0.1) is 35.0 Å². The first-order chi connectivity index (χ1) is 12.6. The van der Waals surface area contributed by atoms with Gasteiger partial charge in [-0.25, -0.2) is 5.06 Å². The lowest BCUT2D eigenvalue weighted by atomic mass is 9.47. The van der Waals surface area contributed by atoms with Crippen molar-refractivity contribution < 1.29 is 19.8 Å². The summed E-state index contributed by atoms with van der Waals surface area (Å²) in [5.41, 5.74) is -1.31. The standard InChI is InChI=1S/C22H37NO4/c1-20(25)10-8-15-14(13-20)7-12-22(26)16(15)9-11-21(2)17(5-6-18(21)22)19(24)23(3)27-4/h14-18,25-26H,5-13H2,1-4H3/t14-,15?,16?,17+,18+,20+,21+,22-/m0/s1. The lowest BCUT2D eigenvalue weighted by Crippen LogP contribution is -2.61. The fraction of sp³-hybridized carbons (Fsp3) is 0.955. The van der Waals surface area contributed by atoms with Gasteiger partial charge in [-0.2, -0.15) is 0 Å². The summed E-state index contributed by atoms with van der Waals surface area (Å²) in [6, 6.07) is 0. The van der Waals surface area contributed by atoms with Gasteiger partial charge in [0.15, 0.2) is 0 Å². The van der Waals surface area contributed by atoms with Crippen molar-refractivity contribution in [3.05, 3.63) is 0 Å². The van der Waals surface area contributed by atoms with E-state index in [0.717, 1.165) is 57.8 Å². The van der Waals surface area contributed by atoms with Crippen LogP contribution in [-0.2, 0) is 9.63 Å². The maximum Gasteiger partial charge on any atom is 0.249 e. The molecule has 5 heteroatoms. The van der Waals surface area contributed by atoms with E-state index in [1.807, 2.05) is 6.92 Å². The Morgan fingerprint density at radius 1 is 1.04 bits per heavy atom. The molecule has 2 N–H and O–H groups in total. The summed E-state index contributed by atoms with van der Waals surface area (Å²) in [5, 5.41) is 23.9. The quantitative estimate of drug-likeness (QED) is 0.723. The van der Waals surface area contributed by atoms with E-state index >= 15 is 0 Å². The van der Waals surface area contributed by atoms with E-state index in [4.69, 9.17) is 4.84 Å². The molecule has 5 nitrogen and oxygen atoms in total. The largest absolute Gasteiger partial charge is 0.390 e. The third-order valence-electron chi connectivity index (χ3n) is 9.21. The summed E-state index contributed by atoms with van der Waals surface area (Å²) in [5.74, 6) is 1.62. The second kappa shape index (κ2) is 6.43. The van der Waals surface area contributed by atoms with Gasteiger partial charge in [-0.1, -0.05) is 6.92 Å². The molecule has 0 aliphatic heterocycles. The number of fused-ring (bicyclic) bond motifs is 5. The summed E-state index contributed by atoms with van der Waals surface area (Å²) in [6.45, 7) is 4.21. The second-order valence-electron chi connectivity index (χ2n) is 10.5. The molecular formula is C22H37NO4. The zero-order chi connectivity index (χ0) is 19.6.